The largest absolute Gasteiger partial charge is 0.360 e. The number of ketones is 1. The van der Waals surface area contributed by atoms with Crippen LogP contribution in [-0.4, -0.2) is 33.7 Å². The molecular weight excluding hydrogens is 332 g/mol. The molecule has 2 unspecified atom stereocenters. The maximum Gasteiger partial charge on any atom is 0.295 e. The van der Waals surface area contributed by atoms with Gasteiger partial charge in [-0.05, 0) is 44.9 Å². The lowest BCUT2D eigenvalue weighted by molar-refractivity contribution is -0.128. The van der Waals surface area contributed by atoms with Crippen LogP contribution in [0.1, 0.15) is 37.0 Å². The highest BCUT2D eigenvalue weighted by atomic mass is 79.9. The number of fused-ring (bicyclic) bond motifs is 1. The molecule has 110 valence electrons. The molecule has 0 saturated carbocycles. The Hall–Kier alpha value is -1.62. The highest BCUT2D eigenvalue weighted by Crippen LogP contribution is 2.27. The van der Waals surface area contributed by atoms with Crippen molar-refractivity contribution in [3.63, 3.8) is 0 Å². The van der Waals surface area contributed by atoms with Crippen molar-refractivity contribution in [1.82, 2.24) is 9.88 Å². The van der Waals surface area contributed by atoms with Gasteiger partial charge >= 0.3 is 0 Å². The number of Topliss-reactive ketones (excluding diaryl/α,β-unsaturated/α-hetero) is 1. The summed E-state index contributed by atoms with van der Waals surface area (Å²) in [6, 6.07) is 5.92. The van der Waals surface area contributed by atoms with Gasteiger partial charge in [-0.3, -0.25) is 9.59 Å². The lowest BCUT2D eigenvalue weighted by Crippen LogP contribution is -2.42. The predicted molar refractivity (Wildman–Crippen MR) is 85.3 cm³/mol. The second-order valence-corrected chi connectivity index (χ2v) is 6.62. The number of rotatable bonds is 2. The van der Waals surface area contributed by atoms with E-state index >= 15 is 0 Å². The Morgan fingerprint density at radius 1 is 1.24 bits per heavy atom. The van der Waals surface area contributed by atoms with Gasteiger partial charge in [-0.1, -0.05) is 15.9 Å². The minimum atomic E-state index is -0.431. The molecule has 2 atom stereocenters. The van der Waals surface area contributed by atoms with Crippen LogP contribution in [-0.2, 0) is 4.79 Å². The van der Waals surface area contributed by atoms with E-state index in [1.807, 2.05) is 32.0 Å². The van der Waals surface area contributed by atoms with Gasteiger partial charge < -0.3 is 9.88 Å². The van der Waals surface area contributed by atoms with Gasteiger partial charge in [0.05, 0.1) is 5.56 Å². The van der Waals surface area contributed by atoms with Crippen LogP contribution in [0, 0.1) is 0 Å². The summed E-state index contributed by atoms with van der Waals surface area (Å²) in [5, 5.41) is 0.780. The van der Waals surface area contributed by atoms with Crippen molar-refractivity contribution in [3.8, 4) is 0 Å². The Morgan fingerprint density at radius 3 is 2.57 bits per heavy atom. The zero-order valence-electron chi connectivity index (χ0n) is 12.0. The first-order valence-corrected chi connectivity index (χ1v) is 7.92. The predicted octanol–water partition coefficient (Wildman–Crippen LogP) is 3.51. The molecule has 2 aromatic rings. The molecule has 1 fully saturated rings. The van der Waals surface area contributed by atoms with E-state index in [1.54, 1.807) is 11.1 Å². The van der Waals surface area contributed by atoms with Crippen molar-refractivity contribution in [2.45, 2.75) is 38.8 Å². The zero-order valence-corrected chi connectivity index (χ0v) is 13.6. The van der Waals surface area contributed by atoms with Crippen molar-refractivity contribution in [2.75, 3.05) is 0 Å². The first kappa shape index (κ1) is 14.3. The third-order valence-electron chi connectivity index (χ3n) is 4.27. The number of carbonyl (C=O) groups is 2. The number of likely N-dealkylation sites (tertiary alicyclic amines) is 1. The van der Waals surface area contributed by atoms with Gasteiger partial charge in [-0.2, -0.15) is 0 Å². The van der Waals surface area contributed by atoms with Crippen LogP contribution >= 0.6 is 15.9 Å². The minimum absolute atomic E-state index is 0.133. The SMILES string of the molecule is CC1CCC(C)N1C(=O)C(=O)c1c[nH]c2ccc(Br)cc12. The molecule has 0 bridgehead atoms. The summed E-state index contributed by atoms with van der Waals surface area (Å²) in [6.45, 7) is 4.00. The maximum atomic E-state index is 12.6. The number of amides is 1. The molecule has 0 spiro atoms. The molecule has 4 nitrogen and oxygen atoms in total. The monoisotopic (exact) mass is 348 g/mol. The van der Waals surface area contributed by atoms with E-state index < -0.39 is 11.7 Å². The second kappa shape index (κ2) is 5.30. The molecule has 5 heteroatoms. The van der Waals surface area contributed by atoms with Gasteiger partial charge in [-0.25, -0.2) is 0 Å². The number of hydrogen-bond donors (Lipinski definition) is 1. The maximum absolute atomic E-state index is 12.6. The van der Waals surface area contributed by atoms with Gasteiger partial charge in [0.2, 0.25) is 0 Å². The van der Waals surface area contributed by atoms with Crippen LogP contribution < -0.4 is 0 Å². The molecule has 1 aliphatic heterocycles. The van der Waals surface area contributed by atoms with E-state index in [4.69, 9.17) is 0 Å². The fraction of sp³-hybridized carbons (Fsp3) is 0.375. The molecule has 3 rings (SSSR count). The quantitative estimate of drug-likeness (QED) is 0.666. The third kappa shape index (κ3) is 2.39. The fourth-order valence-corrected chi connectivity index (χ4v) is 3.47. The Bertz CT molecular complexity index is 712. The summed E-state index contributed by atoms with van der Waals surface area (Å²) in [6.07, 6.45) is 3.54. The van der Waals surface area contributed by atoms with Crippen molar-refractivity contribution in [2.24, 2.45) is 0 Å². The first-order chi connectivity index (χ1) is 9.99. The highest BCUT2D eigenvalue weighted by molar-refractivity contribution is 9.10. The summed E-state index contributed by atoms with van der Waals surface area (Å²) in [4.78, 5) is 29.9. The third-order valence-corrected chi connectivity index (χ3v) is 4.76. The number of halogens is 1. The molecule has 1 aromatic heterocycles. The molecule has 1 aromatic carbocycles. The van der Waals surface area contributed by atoms with Gasteiger partial charge in [0.15, 0.2) is 0 Å². The first-order valence-electron chi connectivity index (χ1n) is 7.12. The van der Waals surface area contributed by atoms with E-state index in [0.29, 0.717) is 5.56 Å². The lowest BCUT2D eigenvalue weighted by atomic mass is 10.1. The molecule has 0 radical (unpaired) electrons. The normalized spacial score (nSPS) is 22.0. The van der Waals surface area contributed by atoms with E-state index in [0.717, 1.165) is 28.2 Å². The number of nitrogens with one attached hydrogen (secondary N) is 1. The summed E-state index contributed by atoms with van der Waals surface area (Å²) in [5.74, 6) is -0.826. The van der Waals surface area contributed by atoms with Gasteiger partial charge in [0.25, 0.3) is 11.7 Å². The van der Waals surface area contributed by atoms with Crippen LogP contribution in [0.2, 0.25) is 0 Å². The summed E-state index contributed by atoms with van der Waals surface area (Å²) in [7, 11) is 0. The Morgan fingerprint density at radius 2 is 1.90 bits per heavy atom. The molecule has 1 aliphatic rings. The Balaban J connectivity index is 1.97. The number of carbonyl (C=O) groups excluding carboxylic acids is 2. The average Bonchev–Trinajstić information content (AvgIpc) is 3.01. The van der Waals surface area contributed by atoms with Crippen LogP contribution in [0.4, 0.5) is 0 Å². The topological polar surface area (TPSA) is 53.2 Å². The lowest BCUT2D eigenvalue weighted by Gasteiger charge is -2.25. The van der Waals surface area contributed by atoms with Gasteiger partial charge in [0, 0.05) is 33.7 Å². The van der Waals surface area contributed by atoms with E-state index in [1.165, 1.54) is 0 Å². The average molecular weight is 349 g/mol. The van der Waals surface area contributed by atoms with Crippen molar-refractivity contribution >= 4 is 38.5 Å². The molecule has 0 aliphatic carbocycles. The molecule has 1 N–H and O–H groups in total. The number of aromatic amines is 1. The summed E-state index contributed by atoms with van der Waals surface area (Å²) >= 11 is 3.40. The standard InChI is InChI=1S/C16H17BrN2O2/c1-9-3-4-10(2)19(9)16(21)15(20)13-8-18-14-6-5-11(17)7-12(13)14/h5-10,18H,3-4H2,1-2H3. The molecule has 2 heterocycles. The van der Waals surface area contributed by atoms with Crippen LogP contribution in [0.15, 0.2) is 28.9 Å². The van der Waals surface area contributed by atoms with Crippen LogP contribution in [0.3, 0.4) is 0 Å². The van der Waals surface area contributed by atoms with Crippen molar-refractivity contribution in [1.29, 1.82) is 0 Å². The second-order valence-electron chi connectivity index (χ2n) is 5.71. The number of benzene rings is 1. The van der Waals surface area contributed by atoms with Crippen molar-refractivity contribution < 1.29 is 9.59 Å². The van der Waals surface area contributed by atoms with Crippen LogP contribution in [0.5, 0.6) is 0 Å². The number of H-pyrrole nitrogens is 1. The number of nitrogens with zero attached hydrogens (tertiary/aromatic N) is 1. The van der Waals surface area contributed by atoms with E-state index in [-0.39, 0.29) is 12.1 Å². The van der Waals surface area contributed by atoms with E-state index in [2.05, 4.69) is 20.9 Å². The Labute approximate surface area is 131 Å². The van der Waals surface area contributed by atoms with Gasteiger partial charge in [-0.15, -0.1) is 0 Å². The zero-order chi connectivity index (χ0) is 15.1. The van der Waals surface area contributed by atoms with Crippen LogP contribution in [0.25, 0.3) is 10.9 Å². The highest BCUT2D eigenvalue weighted by Gasteiger charge is 2.35. The molecule has 1 saturated heterocycles. The molecular formula is C16H17BrN2O2. The van der Waals surface area contributed by atoms with E-state index in [9.17, 15) is 9.59 Å². The fourth-order valence-electron chi connectivity index (χ4n) is 3.11. The van der Waals surface area contributed by atoms with Gasteiger partial charge in [0.1, 0.15) is 0 Å². The smallest absolute Gasteiger partial charge is 0.295 e. The molecule has 21 heavy (non-hydrogen) atoms. The Kier molecular flexibility index (Phi) is 3.61. The number of aromatic nitrogens is 1. The molecule has 1 amide bonds. The number of hydrogen-bond acceptors (Lipinski definition) is 2. The summed E-state index contributed by atoms with van der Waals surface area (Å²) < 4.78 is 0.888. The minimum Gasteiger partial charge on any atom is -0.360 e. The van der Waals surface area contributed by atoms with Crippen molar-refractivity contribution in [3.05, 3.63) is 34.4 Å². The summed E-state index contributed by atoms with van der Waals surface area (Å²) in [5.41, 5.74) is 1.31.